The van der Waals surface area contributed by atoms with Crippen LogP contribution >= 0.6 is 0 Å². The highest BCUT2D eigenvalue weighted by Crippen LogP contribution is 2.48. The number of rotatable bonds is 5. The Kier molecular flexibility index (Phi) is 5.82. The normalized spacial score (nSPS) is 11.3. The molecule has 8 rings (SSSR count). The van der Waals surface area contributed by atoms with E-state index in [0.29, 0.717) is 0 Å². The molecule has 1 heterocycles. The highest BCUT2D eigenvalue weighted by Gasteiger charge is 2.23. The lowest BCUT2D eigenvalue weighted by molar-refractivity contribution is 0.673. The maximum Gasteiger partial charge on any atom is 0.143 e. The van der Waals surface area contributed by atoms with Gasteiger partial charge < -0.3 is 9.32 Å². The second-order valence-corrected chi connectivity index (χ2v) is 10.5. The third-order valence-electron chi connectivity index (χ3n) is 8.06. The second-order valence-electron chi connectivity index (χ2n) is 10.5. The first-order valence-electron chi connectivity index (χ1n) is 14.3. The van der Waals surface area contributed by atoms with E-state index in [4.69, 9.17) is 4.42 Å². The zero-order valence-corrected chi connectivity index (χ0v) is 22.9. The van der Waals surface area contributed by atoms with Gasteiger partial charge in [-0.05, 0) is 64.5 Å². The van der Waals surface area contributed by atoms with Crippen molar-refractivity contribution >= 4 is 49.8 Å². The van der Waals surface area contributed by atoms with Gasteiger partial charge in [0, 0.05) is 33.1 Å². The maximum absolute atomic E-state index is 6.65. The Bertz CT molecular complexity index is 2120. The predicted molar refractivity (Wildman–Crippen MR) is 177 cm³/mol. The summed E-state index contributed by atoms with van der Waals surface area (Å²) in [5.74, 6) is 0. The van der Waals surface area contributed by atoms with Gasteiger partial charge in [0.25, 0.3) is 0 Å². The van der Waals surface area contributed by atoms with Crippen LogP contribution in [0.4, 0.5) is 17.1 Å². The van der Waals surface area contributed by atoms with E-state index in [0.717, 1.165) is 55.5 Å². The van der Waals surface area contributed by atoms with Gasteiger partial charge in [-0.3, -0.25) is 0 Å². The molecule has 8 aromatic rings. The quantitative estimate of drug-likeness (QED) is 0.217. The molecule has 0 aliphatic rings. The molecular formula is C40H27NO. The van der Waals surface area contributed by atoms with E-state index in [1.807, 2.05) is 0 Å². The molecule has 0 radical (unpaired) electrons. The molecule has 198 valence electrons. The minimum absolute atomic E-state index is 0.883. The fourth-order valence-corrected chi connectivity index (χ4v) is 6.10. The smallest absolute Gasteiger partial charge is 0.143 e. The van der Waals surface area contributed by atoms with Gasteiger partial charge in [-0.1, -0.05) is 121 Å². The van der Waals surface area contributed by atoms with E-state index < -0.39 is 0 Å². The number of hydrogen-bond donors (Lipinski definition) is 0. The molecule has 7 aromatic carbocycles. The molecule has 1 aromatic heterocycles. The van der Waals surface area contributed by atoms with Crippen molar-refractivity contribution in [2.24, 2.45) is 0 Å². The average Bonchev–Trinajstić information content (AvgIpc) is 3.46. The molecule has 42 heavy (non-hydrogen) atoms. The summed E-state index contributed by atoms with van der Waals surface area (Å²) in [5.41, 5.74) is 9.80. The largest absolute Gasteiger partial charge is 0.455 e. The Balaban J connectivity index is 1.45. The molecule has 0 aliphatic heterocycles. The molecule has 0 spiro atoms. The number of hydrogen-bond acceptors (Lipinski definition) is 2. The number of furan rings is 1. The lowest BCUT2D eigenvalue weighted by atomic mass is 9.94. The Morgan fingerprint density at radius 3 is 1.67 bits per heavy atom. The summed E-state index contributed by atoms with van der Waals surface area (Å²) >= 11 is 0. The molecule has 0 aliphatic carbocycles. The van der Waals surface area contributed by atoms with Crippen LogP contribution in [0.5, 0.6) is 0 Å². The van der Waals surface area contributed by atoms with Crippen molar-refractivity contribution in [1.29, 1.82) is 0 Å². The van der Waals surface area contributed by atoms with Crippen molar-refractivity contribution in [3.05, 3.63) is 164 Å². The van der Waals surface area contributed by atoms with E-state index >= 15 is 0 Å². The molecule has 0 saturated heterocycles. The first-order chi connectivity index (χ1) is 20.8. The monoisotopic (exact) mass is 537 g/mol. The van der Waals surface area contributed by atoms with E-state index in [1.165, 1.54) is 16.5 Å². The van der Waals surface area contributed by atoms with E-state index in [2.05, 4.69) is 169 Å². The Morgan fingerprint density at radius 2 is 0.976 bits per heavy atom. The summed E-state index contributed by atoms with van der Waals surface area (Å²) in [6.45, 7) is 0. The maximum atomic E-state index is 6.65. The van der Waals surface area contributed by atoms with Gasteiger partial charge in [0.05, 0.1) is 5.69 Å². The van der Waals surface area contributed by atoms with Crippen LogP contribution < -0.4 is 4.90 Å². The topological polar surface area (TPSA) is 16.4 Å². The summed E-state index contributed by atoms with van der Waals surface area (Å²) < 4.78 is 6.65. The molecular weight excluding hydrogens is 510 g/mol. The fraction of sp³-hybridized carbons (Fsp3) is 0. The number of fused-ring (bicyclic) bond motifs is 5. The zero-order chi connectivity index (χ0) is 27.9. The molecule has 2 heteroatoms. The minimum Gasteiger partial charge on any atom is -0.455 e. The van der Waals surface area contributed by atoms with Gasteiger partial charge in [0.2, 0.25) is 0 Å². The van der Waals surface area contributed by atoms with Gasteiger partial charge in [-0.2, -0.15) is 0 Å². The van der Waals surface area contributed by atoms with Crippen molar-refractivity contribution in [2.45, 2.75) is 0 Å². The molecule has 0 atom stereocenters. The Morgan fingerprint density at radius 1 is 0.405 bits per heavy atom. The van der Waals surface area contributed by atoms with Crippen LogP contribution in [0.15, 0.2) is 168 Å². The summed E-state index contributed by atoms with van der Waals surface area (Å²) in [4.78, 5) is 2.35. The first kappa shape index (κ1) is 24.2. The predicted octanol–water partition coefficient (Wildman–Crippen LogP) is 11.5. The summed E-state index contributed by atoms with van der Waals surface area (Å²) in [7, 11) is 0. The van der Waals surface area contributed by atoms with Crippen molar-refractivity contribution in [3.8, 4) is 22.3 Å². The highest BCUT2D eigenvalue weighted by atomic mass is 16.3. The summed E-state index contributed by atoms with van der Waals surface area (Å²) in [6.07, 6.45) is 0. The fourth-order valence-electron chi connectivity index (χ4n) is 6.10. The van der Waals surface area contributed by atoms with Crippen LogP contribution in [0.25, 0.3) is 55.0 Å². The second kappa shape index (κ2) is 10.1. The lowest BCUT2D eigenvalue weighted by Crippen LogP contribution is -2.11. The van der Waals surface area contributed by atoms with Gasteiger partial charge in [0.1, 0.15) is 11.2 Å². The molecule has 2 nitrogen and oxygen atoms in total. The Labute approximate surface area is 244 Å². The third-order valence-corrected chi connectivity index (χ3v) is 8.06. The Hall–Kier alpha value is -5.60. The van der Waals surface area contributed by atoms with Gasteiger partial charge in [-0.25, -0.2) is 0 Å². The van der Waals surface area contributed by atoms with Crippen LogP contribution in [0, 0.1) is 0 Å². The van der Waals surface area contributed by atoms with Crippen LogP contribution in [-0.2, 0) is 0 Å². The molecule has 0 N–H and O–H groups in total. The van der Waals surface area contributed by atoms with E-state index in [9.17, 15) is 0 Å². The first-order valence-corrected chi connectivity index (χ1v) is 14.3. The lowest BCUT2D eigenvalue weighted by Gasteiger charge is -2.28. The minimum atomic E-state index is 0.883. The molecule has 0 saturated carbocycles. The van der Waals surface area contributed by atoms with Crippen molar-refractivity contribution in [1.82, 2.24) is 0 Å². The van der Waals surface area contributed by atoms with Crippen molar-refractivity contribution < 1.29 is 4.42 Å². The SMILES string of the molecule is c1ccc(-c2ccc(-c3c(N(c4ccccc4)c4ccccc4)ccc4oc5c6ccccc6ccc5c34)cc2)cc1. The standard InChI is InChI=1S/C40H27NO/c1-4-12-28(13-5-1)29-20-22-31(23-21-29)38-36(41(32-15-6-2-7-16-32)33-17-8-3-9-18-33)26-27-37-39(38)35-25-24-30-14-10-11-19-34(30)40(35)42-37/h1-27H. The zero-order valence-electron chi connectivity index (χ0n) is 22.9. The molecule has 0 bridgehead atoms. The average molecular weight is 538 g/mol. The van der Waals surface area contributed by atoms with E-state index in [1.54, 1.807) is 0 Å². The third kappa shape index (κ3) is 4.05. The van der Waals surface area contributed by atoms with E-state index in [-0.39, 0.29) is 0 Å². The highest BCUT2D eigenvalue weighted by molar-refractivity contribution is 6.21. The number of anilines is 3. The van der Waals surface area contributed by atoms with Crippen LogP contribution in [0.2, 0.25) is 0 Å². The van der Waals surface area contributed by atoms with Crippen LogP contribution in [0.1, 0.15) is 0 Å². The van der Waals surface area contributed by atoms with Gasteiger partial charge in [0.15, 0.2) is 0 Å². The summed E-state index contributed by atoms with van der Waals surface area (Å²) in [6, 6.07) is 57.8. The van der Waals surface area contributed by atoms with Crippen LogP contribution in [0.3, 0.4) is 0 Å². The number of nitrogens with zero attached hydrogens (tertiary/aromatic N) is 1. The molecule has 0 fully saturated rings. The summed E-state index contributed by atoms with van der Waals surface area (Å²) in [5, 5.41) is 4.54. The van der Waals surface area contributed by atoms with Crippen LogP contribution in [-0.4, -0.2) is 0 Å². The van der Waals surface area contributed by atoms with Gasteiger partial charge in [-0.15, -0.1) is 0 Å². The molecule has 0 amide bonds. The van der Waals surface area contributed by atoms with Gasteiger partial charge >= 0.3 is 0 Å². The number of benzene rings is 7. The molecule has 0 unspecified atom stereocenters. The van der Waals surface area contributed by atoms with Crippen molar-refractivity contribution in [3.63, 3.8) is 0 Å². The number of para-hydroxylation sites is 2. The van der Waals surface area contributed by atoms with Crippen molar-refractivity contribution in [2.75, 3.05) is 4.90 Å².